The minimum Gasteiger partial charge on any atom is -0.493 e. The smallest absolute Gasteiger partial charge is 0.319 e. The monoisotopic (exact) mass is 361 g/mol. The van der Waals surface area contributed by atoms with Crippen LogP contribution >= 0.6 is 0 Å². The van der Waals surface area contributed by atoms with Crippen LogP contribution in [0.25, 0.3) is 0 Å². The first-order chi connectivity index (χ1) is 12.5. The second-order valence-electron chi connectivity index (χ2n) is 7.16. The van der Waals surface area contributed by atoms with E-state index < -0.39 is 5.97 Å². The zero-order valence-corrected chi connectivity index (χ0v) is 15.1. The van der Waals surface area contributed by atoms with E-state index in [2.05, 4.69) is 10.6 Å². The Morgan fingerprint density at radius 2 is 1.92 bits per heavy atom. The van der Waals surface area contributed by atoms with Gasteiger partial charge in [0, 0.05) is 17.8 Å². The Hall–Kier alpha value is -2.28. The van der Waals surface area contributed by atoms with Gasteiger partial charge in [0.05, 0.1) is 13.2 Å². The van der Waals surface area contributed by atoms with Gasteiger partial charge < -0.3 is 20.5 Å². The number of urea groups is 1. The second-order valence-corrected chi connectivity index (χ2v) is 7.16. The number of likely N-dealkylation sites (N-methyl/N-ethyl adjacent to an activating group) is 1. The van der Waals surface area contributed by atoms with Crippen molar-refractivity contribution < 1.29 is 19.4 Å². The lowest BCUT2D eigenvalue weighted by Crippen LogP contribution is -2.55. The minimum absolute atomic E-state index is 0.0508. The van der Waals surface area contributed by atoms with Crippen molar-refractivity contribution >= 4 is 17.7 Å². The first kappa shape index (κ1) is 18.5. The van der Waals surface area contributed by atoms with Crippen molar-refractivity contribution in [2.75, 3.05) is 25.0 Å². The van der Waals surface area contributed by atoms with Crippen LogP contribution in [0.3, 0.4) is 0 Å². The normalized spacial score (nSPS) is 21.8. The average Bonchev–Trinajstić information content (AvgIpc) is 3.39. The highest BCUT2D eigenvalue weighted by atomic mass is 16.5. The number of ether oxygens (including phenoxy) is 1. The molecule has 2 saturated carbocycles. The van der Waals surface area contributed by atoms with Crippen LogP contribution in [0.1, 0.15) is 32.6 Å². The van der Waals surface area contributed by atoms with Gasteiger partial charge in [0.1, 0.15) is 5.75 Å². The van der Waals surface area contributed by atoms with Gasteiger partial charge in [0.25, 0.3) is 0 Å². The van der Waals surface area contributed by atoms with Crippen LogP contribution in [0.2, 0.25) is 0 Å². The lowest BCUT2D eigenvalue weighted by molar-refractivity contribution is -0.139. The van der Waals surface area contributed by atoms with Gasteiger partial charge in [-0.3, -0.25) is 9.69 Å². The summed E-state index contributed by atoms with van der Waals surface area (Å²) in [7, 11) is 0. The summed E-state index contributed by atoms with van der Waals surface area (Å²) in [5.74, 6) is 0.720. The number of nitrogens with one attached hydrogen (secondary N) is 2. The van der Waals surface area contributed by atoms with E-state index >= 15 is 0 Å². The molecule has 3 N–H and O–H groups in total. The number of carbonyl (C=O) groups excluding carboxylic acids is 1. The fourth-order valence-corrected chi connectivity index (χ4v) is 3.16. The molecule has 0 saturated heterocycles. The Morgan fingerprint density at radius 1 is 1.23 bits per heavy atom. The molecule has 1 aromatic carbocycles. The van der Waals surface area contributed by atoms with E-state index in [-0.39, 0.29) is 24.7 Å². The maximum absolute atomic E-state index is 12.1. The highest BCUT2D eigenvalue weighted by Crippen LogP contribution is 2.30. The summed E-state index contributed by atoms with van der Waals surface area (Å²) >= 11 is 0. The van der Waals surface area contributed by atoms with Crippen molar-refractivity contribution in [2.45, 2.75) is 44.7 Å². The van der Waals surface area contributed by atoms with Crippen LogP contribution in [0.4, 0.5) is 10.5 Å². The van der Waals surface area contributed by atoms with Gasteiger partial charge in [0.2, 0.25) is 0 Å². The van der Waals surface area contributed by atoms with E-state index in [9.17, 15) is 9.59 Å². The third kappa shape index (κ3) is 5.36. The van der Waals surface area contributed by atoms with E-state index in [0.717, 1.165) is 30.9 Å². The summed E-state index contributed by atoms with van der Waals surface area (Å²) in [6.07, 6.45) is 4.08. The first-order valence-electron chi connectivity index (χ1n) is 9.29. The van der Waals surface area contributed by atoms with Crippen LogP contribution in [0.5, 0.6) is 5.75 Å². The molecule has 0 radical (unpaired) electrons. The lowest BCUT2D eigenvalue weighted by atomic mass is 9.85. The molecule has 7 heteroatoms. The molecule has 1 aromatic rings. The molecule has 2 fully saturated rings. The third-order valence-corrected chi connectivity index (χ3v) is 5.00. The predicted molar refractivity (Wildman–Crippen MR) is 98.5 cm³/mol. The topological polar surface area (TPSA) is 90.9 Å². The first-order valence-corrected chi connectivity index (χ1v) is 9.29. The predicted octanol–water partition coefficient (Wildman–Crippen LogP) is 2.53. The molecule has 0 atom stereocenters. The molecule has 0 bridgehead atoms. The quantitative estimate of drug-likeness (QED) is 0.629. The van der Waals surface area contributed by atoms with E-state index in [1.807, 2.05) is 36.1 Å². The fourth-order valence-electron chi connectivity index (χ4n) is 3.16. The molecular formula is C19H27N3O4. The SMILES string of the molecule is CCN(CC(=O)O)C1CC(NC(=O)Nc2ccc(OCC3CC3)cc2)C1. The summed E-state index contributed by atoms with van der Waals surface area (Å²) in [5, 5.41) is 14.7. The maximum Gasteiger partial charge on any atom is 0.319 e. The van der Waals surface area contributed by atoms with E-state index in [4.69, 9.17) is 9.84 Å². The molecule has 26 heavy (non-hydrogen) atoms. The van der Waals surface area contributed by atoms with Crippen molar-refractivity contribution in [3.8, 4) is 5.75 Å². The van der Waals surface area contributed by atoms with Crippen LogP contribution in [0.15, 0.2) is 24.3 Å². The number of carboxylic acid groups (broad SMARTS) is 1. The summed E-state index contributed by atoms with van der Waals surface area (Å²) in [4.78, 5) is 24.9. The number of benzene rings is 1. The molecule has 2 aliphatic carbocycles. The van der Waals surface area contributed by atoms with E-state index in [1.54, 1.807) is 0 Å². The van der Waals surface area contributed by atoms with Crippen LogP contribution < -0.4 is 15.4 Å². The molecule has 3 rings (SSSR count). The van der Waals surface area contributed by atoms with Gasteiger partial charge >= 0.3 is 12.0 Å². The Bertz CT molecular complexity index is 624. The van der Waals surface area contributed by atoms with Crippen molar-refractivity contribution in [1.29, 1.82) is 0 Å². The summed E-state index contributed by atoms with van der Waals surface area (Å²) in [6, 6.07) is 7.47. The number of hydrogen-bond acceptors (Lipinski definition) is 4. The zero-order valence-electron chi connectivity index (χ0n) is 15.1. The molecular weight excluding hydrogens is 334 g/mol. The molecule has 0 aliphatic heterocycles. The summed E-state index contributed by atoms with van der Waals surface area (Å²) in [5.41, 5.74) is 0.721. The zero-order chi connectivity index (χ0) is 18.5. The van der Waals surface area contributed by atoms with Crippen molar-refractivity contribution in [2.24, 2.45) is 5.92 Å². The Balaban J connectivity index is 1.37. The van der Waals surface area contributed by atoms with E-state index in [1.165, 1.54) is 12.8 Å². The molecule has 142 valence electrons. The third-order valence-electron chi connectivity index (χ3n) is 5.00. The highest BCUT2D eigenvalue weighted by molar-refractivity contribution is 5.89. The Labute approximate surface area is 153 Å². The molecule has 0 heterocycles. The minimum atomic E-state index is -0.814. The standard InChI is InChI=1S/C19H27N3O4/c1-2-22(11-18(23)24)16-9-15(10-16)21-19(25)20-14-5-7-17(8-6-14)26-12-13-3-4-13/h5-8,13,15-16H,2-4,9-12H2,1H3,(H,23,24)(H2,20,21,25). The van der Waals surface area contributed by atoms with Crippen LogP contribution in [-0.4, -0.2) is 53.8 Å². The average molecular weight is 361 g/mol. The van der Waals surface area contributed by atoms with Crippen LogP contribution in [-0.2, 0) is 4.79 Å². The molecule has 2 amide bonds. The van der Waals surface area contributed by atoms with Gasteiger partial charge in [-0.15, -0.1) is 0 Å². The van der Waals surface area contributed by atoms with Gasteiger partial charge in [-0.25, -0.2) is 4.79 Å². The molecule has 0 spiro atoms. The van der Waals surface area contributed by atoms with Crippen molar-refractivity contribution in [1.82, 2.24) is 10.2 Å². The number of amides is 2. The van der Waals surface area contributed by atoms with Gasteiger partial charge in [-0.05, 0) is 62.4 Å². The van der Waals surface area contributed by atoms with Crippen LogP contribution in [0, 0.1) is 5.92 Å². The second kappa shape index (κ2) is 8.40. The largest absolute Gasteiger partial charge is 0.493 e. The molecule has 7 nitrogen and oxygen atoms in total. The number of rotatable bonds is 9. The number of hydrogen-bond donors (Lipinski definition) is 3. The number of nitrogens with zero attached hydrogens (tertiary/aromatic N) is 1. The lowest BCUT2D eigenvalue weighted by Gasteiger charge is -2.42. The summed E-state index contributed by atoms with van der Waals surface area (Å²) < 4.78 is 5.68. The van der Waals surface area contributed by atoms with Gasteiger partial charge in [-0.2, -0.15) is 0 Å². The number of carboxylic acids is 1. The highest BCUT2D eigenvalue weighted by Gasteiger charge is 2.34. The number of carbonyl (C=O) groups is 2. The summed E-state index contributed by atoms with van der Waals surface area (Å²) in [6.45, 7) is 3.47. The fraction of sp³-hybridized carbons (Fsp3) is 0.579. The number of aliphatic carboxylic acids is 1. The molecule has 2 aliphatic rings. The van der Waals surface area contributed by atoms with Gasteiger partial charge in [0.15, 0.2) is 0 Å². The molecule has 0 unspecified atom stereocenters. The molecule has 0 aromatic heterocycles. The van der Waals surface area contributed by atoms with Crippen molar-refractivity contribution in [3.05, 3.63) is 24.3 Å². The van der Waals surface area contributed by atoms with Crippen molar-refractivity contribution in [3.63, 3.8) is 0 Å². The Morgan fingerprint density at radius 3 is 2.50 bits per heavy atom. The number of anilines is 1. The van der Waals surface area contributed by atoms with E-state index in [0.29, 0.717) is 12.5 Å². The Kier molecular flexibility index (Phi) is 5.98. The van der Waals surface area contributed by atoms with Gasteiger partial charge in [-0.1, -0.05) is 6.92 Å². The maximum atomic E-state index is 12.1.